The number of benzene rings is 2. The Labute approximate surface area is 185 Å². The summed E-state index contributed by atoms with van der Waals surface area (Å²) in [7, 11) is 4.08. The molecule has 2 aromatic carbocycles. The van der Waals surface area contributed by atoms with Crippen LogP contribution in [0.15, 0.2) is 48.8 Å². The van der Waals surface area contributed by atoms with Crippen LogP contribution in [0.2, 0.25) is 0 Å². The maximum absolute atomic E-state index is 6.24. The van der Waals surface area contributed by atoms with E-state index in [1.807, 2.05) is 43.7 Å². The molecule has 0 aliphatic carbocycles. The second-order valence-corrected chi connectivity index (χ2v) is 8.62. The Bertz CT molecular complexity index is 1400. The first-order valence-corrected chi connectivity index (χ1v) is 10.9. The number of hydrogen-bond donors (Lipinski definition) is 2. The zero-order valence-electron chi connectivity index (χ0n) is 18.2. The fourth-order valence-corrected chi connectivity index (χ4v) is 4.41. The summed E-state index contributed by atoms with van der Waals surface area (Å²) in [6.45, 7) is 2.16. The number of imidazole rings is 1. The minimum absolute atomic E-state index is 0.271. The second-order valence-electron chi connectivity index (χ2n) is 8.62. The van der Waals surface area contributed by atoms with Gasteiger partial charge in [-0.25, -0.2) is 4.98 Å². The molecule has 162 valence electrons. The number of likely N-dealkylation sites (tertiary alicyclic amines) is 1. The molecule has 5 aromatic rings. The molecule has 0 amide bonds. The number of rotatable bonds is 4. The van der Waals surface area contributed by atoms with Gasteiger partial charge in [0, 0.05) is 43.4 Å². The molecular weight excluding hydrogens is 402 g/mol. The van der Waals surface area contributed by atoms with E-state index in [2.05, 4.69) is 44.4 Å². The van der Waals surface area contributed by atoms with E-state index in [0.29, 0.717) is 0 Å². The zero-order chi connectivity index (χ0) is 21.7. The summed E-state index contributed by atoms with van der Waals surface area (Å²) in [6, 6.07) is 12.3. The first-order chi connectivity index (χ1) is 15.6. The molecule has 0 saturated carbocycles. The minimum Gasteiger partial charge on any atom is -0.490 e. The van der Waals surface area contributed by atoms with E-state index in [-0.39, 0.29) is 6.10 Å². The third kappa shape index (κ3) is 3.42. The average molecular weight is 428 g/mol. The Morgan fingerprint density at radius 2 is 1.88 bits per heavy atom. The molecule has 32 heavy (non-hydrogen) atoms. The Kier molecular flexibility index (Phi) is 4.46. The van der Waals surface area contributed by atoms with Crippen molar-refractivity contribution in [3.63, 3.8) is 0 Å². The maximum Gasteiger partial charge on any atom is 0.159 e. The van der Waals surface area contributed by atoms with Crippen LogP contribution in [-0.2, 0) is 7.05 Å². The van der Waals surface area contributed by atoms with Crippen molar-refractivity contribution in [1.29, 1.82) is 0 Å². The Balaban J connectivity index is 1.33. The molecule has 6 rings (SSSR count). The van der Waals surface area contributed by atoms with Crippen molar-refractivity contribution in [2.75, 3.05) is 20.1 Å². The largest absolute Gasteiger partial charge is 0.490 e. The number of nitrogens with one attached hydrogen (secondary N) is 2. The number of aryl methyl sites for hydroxylation is 1. The highest BCUT2D eigenvalue weighted by molar-refractivity contribution is 5.95. The maximum atomic E-state index is 6.24. The van der Waals surface area contributed by atoms with Crippen LogP contribution in [0.4, 0.5) is 0 Å². The van der Waals surface area contributed by atoms with Gasteiger partial charge in [-0.1, -0.05) is 6.07 Å². The van der Waals surface area contributed by atoms with Crippen molar-refractivity contribution in [2.24, 2.45) is 7.05 Å². The molecule has 1 aliphatic rings. The first-order valence-electron chi connectivity index (χ1n) is 10.9. The van der Waals surface area contributed by atoms with Crippen molar-refractivity contribution < 1.29 is 4.74 Å². The SMILES string of the molecule is CN1CCC(Oc2ccc3nc(-c4n[nH]c5ccc(-c6cnn(C)c6)cc45)[nH]c3c2)CC1. The van der Waals surface area contributed by atoms with E-state index in [0.717, 1.165) is 76.3 Å². The topological polar surface area (TPSA) is 87.7 Å². The molecule has 4 heterocycles. The number of fused-ring (bicyclic) bond motifs is 2. The summed E-state index contributed by atoms with van der Waals surface area (Å²) in [5.41, 5.74) is 5.79. The second kappa shape index (κ2) is 7.49. The van der Waals surface area contributed by atoms with E-state index < -0.39 is 0 Å². The molecule has 1 fully saturated rings. The van der Waals surface area contributed by atoms with Crippen molar-refractivity contribution >= 4 is 21.9 Å². The molecule has 0 radical (unpaired) electrons. The first kappa shape index (κ1) is 19.1. The number of piperidine rings is 1. The van der Waals surface area contributed by atoms with E-state index in [1.165, 1.54) is 0 Å². The number of hydrogen-bond acceptors (Lipinski definition) is 5. The van der Waals surface area contributed by atoms with Crippen molar-refractivity contribution in [3.05, 3.63) is 48.8 Å². The number of nitrogens with zero attached hydrogens (tertiary/aromatic N) is 5. The summed E-state index contributed by atoms with van der Waals surface area (Å²) in [5, 5.41) is 13.0. The van der Waals surface area contributed by atoms with E-state index in [9.17, 15) is 0 Å². The van der Waals surface area contributed by atoms with Gasteiger partial charge in [0.25, 0.3) is 0 Å². The van der Waals surface area contributed by atoms with Gasteiger partial charge in [0.2, 0.25) is 0 Å². The predicted molar refractivity (Wildman–Crippen MR) is 125 cm³/mol. The number of H-pyrrole nitrogens is 2. The van der Waals surface area contributed by atoms with Crippen LogP contribution in [0.3, 0.4) is 0 Å². The molecule has 8 nitrogen and oxygen atoms in total. The third-order valence-electron chi connectivity index (χ3n) is 6.25. The van der Waals surface area contributed by atoms with E-state index >= 15 is 0 Å². The summed E-state index contributed by atoms with van der Waals surface area (Å²) in [5.74, 6) is 1.62. The molecule has 3 aromatic heterocycles. The lowest BCUT2D eigenvalue weighted by Crippen LogP contribution is -2.35. The fraction of sp³-hybridized carbons (Fsp3) is 0.292. The normalized spacial score (nSPS) is 15.7. The van der Waals surface area contributed by atoms with Gasteiger partial charge in [-0.15, -0.1) is 0 Å². The van der Waals surface area contributed by atoms with Gasteiger partial charge in [0.05, 0.1) is 22.7 Å². The van der Waals surface area contributed by atoms with Crippen LogP contribution < -0.4 is 4.74 Å². The molecule has 1 aliphatic heterocycles. The van der Waals surface area contributed by atoms with Crippen LogP contribution in [0, 0.1) is 0 Å². The highest BCUT2D eigenvalue weighted by Crippen LogP contribution is 2.31. The van der Waals surface area contributed by atoms with Gasteiger partial charge >= 0.3 is 0 Å². The zero-order valence-corrected chi connectivity index (χ0v) is 18.2. The molecule has 0 spiro atoms. The minimum atomic E-state index is 0.271. The van der Waals surface area contributed by atoms with E-state index in [4.69, 9.17) is 9.72 Å². The van der Waals surface area contributed by atoms with Crippen LogP contribution in [-0.4, -0.2) is 61.1 Å². The standard InChI is InChI=1S/C24H25N7O/c1-30-9-7-17(8-10-30)32-18-4-6-21-22(12-18)27-24(26-21)23-19-11-15(3-5-20(19)28-29-23)16-13-25-31(2)14-16/h3-6,11-14,17H,7-10H2,1-2H3,(H,26,27)(H,28,29). The van der Waals surface area contributed by atoms with Gasteiger partial charge < -0.3 is 14.6 Å². The summed E-state index contributed by atoms with van der Waals surface area (Å²) in [4.78, 5) is 10.6. The Morgan fingerprint density at radius 3 is 2.69 bits per heavy atom. The number of ether oxygens (including phenoxy) is 1. The molecular formula is C24H25N7O. The Hall–Kier alpha value is -3.65. The van der Waals surface area contributed by atoms with Gasteiger partial charge in [0.1, 0.15) is 17.5 Å². The van der Waals surface area contributed by atoms with Gasteiger partial charge in [0.15, 0.2) is 5.82 Å². The van der Waals surface area contributed by atoms with Crippen LogP contribution in [0.25, 0.3) is 44.6 Å². The van der Waals surface area contributed by atoms with E-state index in [1.54, 1.807) is 4.68 Å². The van der Waals surface area contributed by atoms with Crippen molar-refractivity contribution in [2.45, 2.75) is 18.9 Å². The number of aromatic nitrogens is 6. The highest BCUT2D eigenvalue weighted by Gasteiger charge is 2.19. The molecule has 0 bridgehead atoms. The van der Waals surface area contributed by atoms with Crippen molar-refractivity contribution in [1.82, 2.24) is 34.8 Å². The monoisotopic (exact) mass is 427 g/mol. The molecule has 1 saturated heterocycles. The van der Waals surface area contributed by atoms with Crippen molar-refractivity contribution in [3.8, 4) is 28.4 Å². The summed E-state index contributed by atoms with van der Waals surface area (Å²) in [6.07, 6.45) is 6.26. The van der Waals surface area contributed by atoms with Crippen LogP contribution >= 0.6 is 0 Å². The summed E-state index contributed by atoms with van der Waals surface area (Å²) < 4.78 is 8.05. The lowest BCUT2D eigenvalue weighted by molar-refractivity contribution is 0.114. The molecule has 8 heteroatoms. The Morgan fingerprint density at radius 1 is 1.00 bits per heavy atom. The lowest BCUT2D eigenvalue weighted by atomic mass is 10.1. The van der Waals surface area contributed by atoms with Crippen LogP contribution in [0.5, 0.6) is 5.75 Å². The van der Waals surface area contributed by atoms with Gasteiger partial charge in [-0.05, 0) is 49.7 Å². The molecule has 0 atom stereocenters. The number of aromatic amines is 2. The lowest BCUT2D eigenvalue weighted by Gasteiger charge is -2.29. The van der Waals surface area contributed by atoms with Gasteiger partial charge in [-0.3, -0.25) is 9.78 Å². The van der Waals surface area contributed by atoms with Gasteiger partial charge in [-0.2, -0.15) is 10.2 Å². The quantitative estimate of drug-likeness (QED) is 0.453. The molecule has 0 unspecified atom stereocenters. The summed E-state index contributed by atoms with van der Waals surface area (Å²) >= 11 is 0. The predicted octanol–water partition coefficient (Wildman–Crippen LogP) is 3.98. The van der Waals surface area contributed by atoms with Crippen LogP contribution in [0.1, 0.15) is 12.8 Å². The molecule has 2 N–H and O–H groups in total. The fourth-order valence-electron chi connectivity index (χ4n) is 4.41. The average Bonchev–Trinajstić information content (AvgIpc) is 3.52. The highest BCUT2D eigenvalue weighted by atomic mass is 16.5. The smallest absolute Gasteiger partial charge is 0.159 e. The third-order valence-corrected chi connectivity index (χ3v) is 6.25.